The number of nitrogens with one attached hydrogen (secondary N) is 1. The van der Waals surface area contributed by atoms with E-state index >= 15 is 0 Å². The summed E-state index contributed by atoms with van der Waals surface area (Å²) in [6.07, 6.45) is 0. The van der Waals surface area contributed by atoms with Crippen molar-refractivity contribution in [2.24, 2.45) is 5.41 Å². The first-order valence-corrected chi connectivity index (χ1v) is 5.83. The van der Waals surface area contributed by atoms with Gasteiger partial charge in [0, 0.05) is 13.1 Å². The molecular formula is C12H26N2O2. The molecule has 0 saturated heterocycles. The molecule has 96 valence electrons. The molecule has 0 aromatic rings. The largest absolute Gasteiger partial charge is 0.465 e. The predicted octanol–water partition coefficient (Wildman–Crippen LogP) is 1.12. The summed E-state index contributed by atoms with van der Waals surface area (Å²) in [6.45, 7) is 10.1. The number of likely N-dealkylation sites (N-methyl/N-ethyl adjacent to an activating group) is 1. The Balaban J connectivity index is 4.28. The lowest BCUT2D eigenvalue weighted by atomic mass is 9.87. The van der Waals surface area contributed by atoms with Crippen LogP contribution in [0.3, 0.4) is 0 Å². The standard InChI is InChI=1S/C12H26N2O2/c1-7-16-11(15)10(12(2,3)4)13-8-9-14(5)6/h10,13H,7-9H2,1-6H3. The van der Waals surface area contributed by atoms with Gasteiger partial charge < -0.3 is 15.0 Å². The van der Waals surface area contributed by atoms with E-state index in [9.17, 15) is 4.79 Å². The lowest BCUT2D eigenvalue weighted by Crippen LogP contribution is -2.49. The summed E-state index contributed by atoms with van der Waals surface area (Å²) in [6, 6.07) is -0.243. The molecular weight excluding hydrogens is 204 g/mol. The van der Waals surface area contributed by atoms with Gasteiger partial charge in [-0.2, -0.15) is 0 Å². The van der Waals surface area contributed by atoms with E-state index in [-0.39, 0.29) is 17.4 Å². The lowest BCUT2D eigenvalue weighted by Gasteiger charge is -2.30. The van der Waals surface area contributed by atoms with Crippen LogP contribution in [0.4, 0.5) is 0 Å². The Kier molecular flexibility index (Phi) is 6.60. The van der Waals surface area contributed by atoms with Crippen LogP contribution in [0.5, 0.6) is 0 Å². The number of nitrogens with zero attached hydrogens (tertiary/aromatic N) is 1. The van der Waals surface area contributed by atoms with Crippen molar-refractivity contribution in [3.63, 3.8) is 0 Å². The van der Waals surface area contributed by atoms with Crippen LogP contribution in [-0.4, -0.2) is 50.7 Å². The van der Waals surface area contributed by atoms with Crippen LogP contribution < -0.4 is 5.32 Å². The third-order valence-electron chi connectivity index (χ3n) is 2.30. The van der Waals surface area contributed by atoms with Crippen molar-refractivity contribution >= 4 is 5.97 Å². The minimum Gasteiger partial charge on any atom is -0.465 e. The summed E-state index contributed by atoms with van der Waals surface area (Å²) in [4.78, 5) is 13.8. The molecule has 0 aliphatic heterocycles. The maximum absolute atomic E-state index is 11.8. The summed E-state index contributed by atoms with van der Waals surface area (Å²) < 4.78 is 5.07. The summed E-state index contributed by atoms with van der Waals surface area (Å²) in [5.74, 6) is -0.159. The quantitative estimate of drug-likeness (QED) is 0.694. The van der Waals surface area contributed by atoms with Crippen molar-refractivity contribution < 1.29 is 9.53 Å². The Morgan fingerprint density at radius 3 is 2.31 bits per heavy atom. The highest BCUT2D eigenvalue weighted by atomic mass is 16.5. The van der Waals surface area contributed by atoms with E-state index in [4.69, 9.17) is 4.74 Å². The van der Waals surface area contributed by atoms with Gasteiger partial charge >= 0.3 is 5.97 Å². The van der Waals surface area contributed by atoms with Gasteiger partial charge in [0.25, 0.3) is 0 Å². The molecule has 4 heteroatoms. The number of carbonyl (C=O) groups is 1. The molecule has 1 atom stereocenters. The average molecular weight is 230 g/mol. The molecule has 0 aromatic heterocycles. The Bertz CT molecular complexity index is 210. The van der Waals surface area contributed by atoms with E-state index in [1.54, 1.807) is 0 Å². The molecule has 0 spiro atoms. The van der Waals surface area contributed by atoms with Crippen molar-refractivity contribution in [2.45, 2.75) is 33.7 Å². The third-order valence-corrected chi connectivity index (χ3v) is 2.30. The van der Waals surface area contributed by atoms with Gasteiger partial charge in [0.2, 0.25) is 0 Å². The molecule has 0 amide bonds. The van der Waals surface area contributed by atoms with Gasteiger partial charge in [0.1, 0.15) is 6.04 Å². The number of rotatable bonds is 6. The van der Waals surface area contributed by atoms with E-state index in [1.165, 1.54) is 0 Å². The fraction of sp³-hybridized carbons (Fsp3) is 0.917. The smallest absolute Gasteiger partial charge is 0.323 e. The van der Waals surface area contributed by atoms with E-state index < -0.39 is 0 Å². The van der Waals surface area contributed by atoms with E-state index in [0.717, 1.165) is 13.1 Å². The Morgan fingerprint density at radius 2 is 1.94 bits per heavy atom. The Hall–Kier alpha value is -0.610. The van der Waals surface area contributed by atoms with Crippen molar-refractivity contribution in [2.75, 3.05) is 33.8 Å². The Morgan fingerprint density at radius 1 is 1.38 bits per heavy atom. The number of carbonyl (C=O) groups excluding carboxylic acids is 1. The summed E-state index contributed by atoms with van der Waals surface area (Å²) in [7, 11) is 4.02. The van der Waals surface area contributed by atoms with Gasteiger partial charge in [-0.1, -0.05) is 20.8 Å². The van der Waals surface area contributed by atoms with E-state index in [1.807, 2.05) is 41.8 Å². The minimum atomic E-state index is -0.243. The number of ether oxygens (including phenoxy) is 1. The highest BCUT2D eigenvalue weighted by Crippen LogP contribution is 2.20. The second-order valence-corrected chi connectivity index (χ2v) is 5.31. The maximum atomic E-state index is 11.8. The summed E-state index contributed by atoms with van der Waals surface area (Å²) >= 11 is 0. The minimum absolute atomic E-state index is 0.126. The van der Waals surface area contributed by atoms with Crippen LogP contribution in [0.15, 0.2) is 0 Å². The summed E-state index contributed by atoms with van der Waals surface area (Å²) in [5, 5.41) is 3.26. The first kappa shape index (κ1) is 15.4. The number of esters is 1. The fourth-order valence-corrected chi connectivity index (χ4v) is 1.40. The van der Waals surface area contributed by atoms with Crippen LogP contribution in [0.25, 0.3) is 0 Å². The second-order valence-electron chi connectivity index (χ2n) is 5.31. The fourth-order valence-electron chi connectivity index (χ4n) is 1.40. The first-order valence-electron chi connectivity index (χ1n) is 5.83. The molecule has 1 N–H and O–H groups in total. The monoisotopic (exact) mass is 230 g/mol. The number of hydrogen-bond acceptors (Lipinski definition) is 4. The van der Waals surface area contributed by atoms with Crippen molar-refractivity contribution in [1.82, 2.24) is 10.2 Å². The lowest BCUT2D eigenvalue weighted by molar-refractivity contribution is -0.148. The molecule has 0 aliphatic carbocycles. The zero-order chi connectivity index (χ0) is 12.8. The van der Waals surface area contributed by atoms with Gasteiger partial charge in [-0.25, -0.2) is 0 Å². The van der Waals surface area contributed by atoms with E-state index in [2.05, 4.69) is 10.2 Å². The molecule has 0 fully saturated rings. The molecule has 0 rings (SSSR count). The topological polar surface area (TPSA) is 41.6 Å². The average Bonchev–Trinajstić information content (AvgIpc) is 2.10. The maximum Gasteiger partial charge on any atom is 0.323 e. The molecule has 1 unspecified atom stereocenters. The van der Waals surface area contributed by atoms with E-state index in [0.29, 0.717) is 6.61 Å². The highest BCUT2D eigenvalue weighted by molar-refractivity contribution is 5.76. The predicted molar refractivity (Wildman–Crippen MR) is 66.4 cm³/mol. The van der Waals surface area contributed by atoms with Gasteiger partial charge in [0.15, 0.2) is 0 Å². The first-order chi connectivity index (χ1) is 7.29. The zero-order valence-electron chi connectivity index (χ0n) is 11.5. The molecule has 0 saturated carbocycles. The Labute approximate surface area is 99.3 Å². The van der Waals surface area contributed by atoms with Gasteiger partial charge in [-0.15, -0.1) is 0 Å². The van der Waals surface area contributed by atoms with Crippen LogP contribution in [0.1, 0.15) is 27.7 Å². The molecule has 0 heterocycles. The van der Waals surface area contributed by atoms with Crippen LogP contribution >= 0.6 is 0 Å². The van der Waals surface area contributed by atoms with Crippen LogP contribution in [0.2, 0.25) is 0 Å². The molecule has 16 heavy (non-hydrogen) atoms. The van der Waals surface area contributed by atoms with Crippen molar-refractivity contribution in [1.29, 1.82) is 0 Å². The zero-order valence-corrected chi connectivity index (χ0v) is 11.5. The van der Waals surface area contributed by atoms with Crippen molar-refractivity contribution in [3.8, 4) is 0 Å². The second kappa shape index (κ2) is 6.86. The van der Waals surface area contributed by atoms with Crippen LogP contribution in [-0.2, 0) is 9.53 Å². The van der Waals surface area contributed by atoms with Gasteiger partial charge in [0.05, 0.1) is 6.61 Å². The SMILES string of the molecule is CCOC(=O)C(NCCN(C)C)C(C)(C)C. The highest BCUT2D eigenvalue weighted by Gasteiger charge is 2.31. The van der Waals surface area contributed by atoms with Gasteiger partial charge in [-0.3, -0.25) is 4.79 Å². The molecule has 4 nitrogen and oxygen atoms in total. The third kappa shape index (κ3) is 6.08. The molecule has 0 radical (unpaired) electrons. The van der Waals surface area contributed by atoms with Gasteiger partial charge in [-0.05, 0) is 26.4 Å². The van der Waals surface area contributed by atoms with Crippen molar-refractivity contribution in [3.05, 3.63) is 0 Å². The number of hydrogen-bond donors (Lipinski definition) is 1. The van der Waals surface area contributed by atoms with Crippen LogP contribution in [0, 0.1) is 5.41 Å². The molecule has 0 aliphatic rings. The molecule has 0 bridgehead atoms. The normalized spacial score (nSPS) is 13.9. The summed E-state index contributed by atoms with van der Waals surface area (Å²) in [5.41, 5.74) is -0.126. The molecule has 0 aromatic carbocycles.